The van der Waals surface area contributed by atoms with Gasteiger partial charge in [0, 0.05) is 36.3 Å². The first-order valence-electron chi connectivity index (χ1n) is 10.7. The molecule has 1 aromatic heterocycles. The minimum absolute atomic E-state index is 0.106. The van der Waals surface area contributed by atoms with E-state index in [1.807, 2.05) is 49.7 Å². The van der Waals surface area contributed by atoms with Gasteiger partial charge in [-0.2, -0.15) is 0 Å². The SMILES string of the molecule is COc1cc(C)c(Cl)cc1NC(=O)Nc1cccc2c1ccn2CC1=CCN(NC(C)=O)C=C1. The highest BCUT2D eigenvalue weighted by Gasteiger charge is 2.13. The zero-order valence-corrected chi connectivity index (χ0v) is 19.9. The van der Waals surface area contributed by atoms with Crippen LogP contribution in [0.15, 0.2) is 66.5 Å². The molecule has 3 aromatic rings. The number of halogens is 1. The fourth-order valence-corrected chi connectivity index (χ4v) is 3.96. The molecule has 0 aliphatic carbocycles. The van der Waals surface area contributed by atoms with Crippen molar-refractivity contribution in [3.8, 4) is 5.75 Å². The Morgan fingerprint density at radius 2 is 1.94 bits per heavy atom. The van der Waals surface area contributed by atoms with E-state index >= 15 is 0 Å². The van der Waals surface area contributed by atoms with Crippen LogP contribution in [0.3, 0.4) is 0 Å². The summed E-state index contributed by atoms with van der Waals surface area (Å²) in [4.78, 5) is 23.9. The number of urea groups is 1. The number of rotatable bonds is 6. The molecule has 0 unspecified atom stereocenters. The molecule has 0 spiro atoms. The van der Waals surface area contributed by atoms with E-state index in [4.69, 9.17) is 16.3 Å². The van der Waals surface area contributed by atoms with Gasteiger partial charge >= 0.3 is 6.03 Å². The van der Waals surface area contributed by atoms with Crippen LogP contribution in [0.2, 0.25) is 5.02 Å². The van der Waals surface area contributed by atoms with E-state index in [1.54, 1.807) is 24.3 Å². The van der Waals surface area contributed by atoms with Crippen molar-refractivity contribution >= 4 is 45.8 Å². The van der Waals surface area contributed by atoms with E-state index in [9.17, 15) is 9.59 Å². The number of carbonyl (C=O) groups is 2. The first-order chi connectivity index (χ1) is 16.3. The molecule has 8 nitrogen and oxygen atoms in total. The highest BCUT2D eigenvalue weighted by atomic mass is 35.5. The molecule has 0 saturated carbocycles. The van der Waals surface area contributed by atoms with Gasteiger partial charge in [-0.05, 0) is 54.5 Å². The van der Waals surface area contributed by atoms with E-state index in [0.29, 0.717) is 35.2 Å². The third-order valence-electron chi connectivity index (χ3n) is 5.46. The number of hydrogen-bond acceptors (Lipinski definition) is 4. The van der Waals surface area contributed by atoms with Gasteiger partial charge in [-0.25, -0.2) is 4.79 Å². The second-order valence-electron chi connectivity index (χ2n) is 7.98. The lowest BCUT2D eigenvalue weighted by Gasteiger charge is -2.22. The van der Waals surface area contributed by atoms with Crippen molar-refractivity contribution in [2.75, 3.05) is 24.3 Å². The van der Waals surface area contributed by atoms with Gasteiger partial charge in [0.05, 0.1) is 30.5 Å². The van der Waals surface area contributed by atoms with Crippen molar-refractivity contribution in [2.45, 2.75) is 20.4 Å². The van der Waals surface area contributed by atoms with Crippen LogP contribution >= 0.6 is 11.6 Å². The highest BCUT2D eigenvalue weighted by Crippen LogP contribution is 2.31. The fraction of sp³-hybridized carbons (Fsp3) is 0.200. The van der Waals surface area contributed by atoms with E-state index in [0.717, 1.165) is 22.0 Å². The molecule has 34 heavy (non-hydrogen) atoms. The highest BCUT2D eigenvalue weighted by molar-refractivity contribution is 6.31. The maximum atomic E-state index is 12.7. The van der Waals surface area contributed by atoms with Crippen LogP contribution in [0, 0.1) is 6.92 Å². The molecule has 1 aliphatic heterocycles. The number of carbonyl (C=O) groups excluding carboxylic acids is 2. The van der Waals surface area contributed by atoms with Crippen molar-refractivity contribution in [1.82, 2.24) is 15.0 Å². The van der Waals surface area contributed by atoms with Crippen molar-refractivity contribution in [2.24, 2.45) is 0 Å². The molecule has 176 valence electrons. The molecule has 3 N–H and O–H groups in total. The summed E-state index contributed by atoms with van der Waals surface area (Å²) in [6.07, 6.45) is 7.88. The first kappa shape index (κ1) is 23.3. The number of hydrazine groups is 1. The Hall–Kier alpha value is -3.91. The molecule has 0 atom stereocenters. The molecule has 1 aliphatic rings. The number of hydrogen-bond donors (Lipinski definition) is 3. The zero-order chi connectivity index (χ0) is 24.2. The van der Waals surface area contributed by atoms with Crippen LogP contribution in [0.5, 0.6) is 5.75 Å². The Morgan fingerprint density at radius 3 is 2.65 bits per heavy atom. The van der Waals surface area contributed by atoms with Gasteiger partial charge in [-0.1, -0.05) is 23.7 Å². The number of anilines is 2. The molecule has 0 radical (unpaired) electrons. The van der Waals surface area contributed by atoms with Crippen LogP contribution in [0.25, 0.3) is 10.9 Å². The molecule has 0 saturated heterocycles. The monoisotopic (exact) mass is 479 g/mol. The van der Waals surface area contributed by atoms with Crippen LogP contribution in [0.1, 0.15) is 12.5 Å². The predicted octanol–water partition coefficient (Wildman–Crippen LogP) is 5.06. The normalized spacial score (nSPS) is 12.9. The van der Waals surface area contributed by atoms with Gasteiger partial charge in [0.1, 0.15) is 5.75 Å². The van der Waals surface area contributed by atoms with Crippen molar-refractivity contribution < 1.29 is 14.3 Å². The average molecular weight is 480 g/mol. The Kier molecular flexibility index (Phi) is 6.79. The van der Waals surface area contributed by atoms with Gasteiger partial charge < -0.3 is 19.9 Å². The molecule has 4 rings (SSSR count). The standard InChI is InChI=1S/C25H26ClN5O3/c1-16-13-24(34-3)22(14-20(16)26)28-25(33)27-21-5-4-6-23-19(21)9-10-30(23)15-18-7-11-31(12-8-18)29-17(2)32/h4-11,13-14H,12,15H2,1-3H3,(H,29,32)(H2,27,28,33). The molecule has 3 amide bonds. The number of nitrogens with one attached hydrogen (secondary N) is 3. The first-order valence-corrected chi connectivity index (χ1v) is 11.1. The number of aromatic nitrogens is 1. The van der Waals surface area contributed by atoms with E-state index < -0.39 is 6.03 Å². The smallest absolute Gasteiger partial charge is 0.323 e. The summed E-state index contributed by atoms with van der Waals surface area (Å²) in [5.74, 6) is 0.429. The van der Waals surface area contributed by atoms with Crippen LogP contribution in [0.4, 0.5) is 16.2 Å². The largest absolute Gasteiger partial charge is 0.495 e. The van der Waals surface area contributed by atoms with E-state index in [-0.39, 0.29) is 5.91 Å². The number of aryl methyl sites for hydroxylation is 1. The lowest BCUT2D eigenvalue weighted by atomic mass is 10.2. The molecular formula is C25H26ClN5O3. The second kappa shape index (κ2) is 9.93. The van der Waals surface area contributed by atoms with Gasteiger partial charge in [0.15, 0.2) is 0 Å². The van der Waals surface area contributed by atoms with E-state index in [1.165, 1.54) is 6.92 Å². The lowest BCUT2D eigenvalue weighted by molar-refractivity contribution is -0.122. The third kappa shape index (κ3) is 5.18. The topological polar surface area (TPSA) is 87.6 Å². The van der Waals surface area contributed by atoms with E-state index in [2.05, 4.69) is 26.7 Å². The quantitative estimate of drug-likeness (QED) is 0.461. The number of allylic oxidation sites excluding steroid dienone is 2. The predicted molar refractivity (Wildman–Crippen MR) is 135 cm³/mol. The fourth-order valence-electron chi connectivity index (χ4n) is 3.80. The van der Waals surface area contributed by atoms with Gasteiger partial charge in [0.2, 0.25) is 5.91 Å². The minimum atomic E-state index is -0.394. The second-order valence-corrected chi connectivity index (χ2v) is 8.39. The summed E-state index contributed by atoms with van der Waals surface area (Å²) in [6, 6.07) is 10.8. The molecule has 0 fully saturated rings. The number of fused-ring (bicyclic) bond motifs is 1. The summed E-state index contributed by atoms with van der Waals surface area (Å²) in [5, 5.41) is 8.93. The van der Waals surface area contributed by atoms with Crippen molar-refractivity contribution in [3.05, 3.63) is 77.1 Å². The summed E-state index contributed by atoms with van der Waals surface area (Å²) in [5.41, 5.74) is 6.90. The maximum absolute atomic E-state index is 12.7. The molecule has 0 bridgehead atoms. The molecular weight excluding hydrogens is 454 g/mol. The molecule has 2 heterocycles. The van der Waals surface area contributed by atoms with Gasteiger partial charge in [0.25, 0.3) is 0 Å². The minimum Gasteiger partial charge on any atom is -0.495 e. The summed E-state index contributed by atoms with van der Waals surface area (Å²) in [6.45, 7) is 4.63. The van der Waals surface area contributed by atoms with Gasteiger partial charge in [-0.15, -0.1) is 0 Å². The summed E-state index contributed by atoms with van der Waals surface area (Å²) < 4.78 is 7.48. The average Bonchev–Trinajstić information content (AvgIpc) is 3.21. The number of amides is 3. The number of benzene rings is 2. The Labute approximate surface area is 202 Å². The summed E-state index contributed by atoms with van der Waals surface area (Å²) in [7, 11) is 1.55. The number of ether oxygens (including phenoxy) is 1. The molecule has 2 aromatic carbocycles. The van der Waals surface area contributed by atoms with Crippen molar-refractivity contribution in [3.63, 3.8) is 0 Å². The summed E-state index contributed by atoms with van der Waals surface area (Å²) >= 11 is 6.22. The number of nitrogens with zero attached hydrogens (tertiary/aromatic N) is 2. The Balaban J connectivity index is 1.48. The van der Waals surface area contributed by atoms with Crippen molar-refractivity contribution in [1.29, 1.82) is 0 Å². The van der Waals surface area contributed by atoms with Gasteiger partial charge in [-0.3, -0.25) is 15.2 Å². The number of methoxy groups -OCH3 is 1. The third-order valence-corrected chi connectivity index (χ3v) is 5.87. The van der Waals surface area contributed by atoms with Crippen LogP contribution in [-0.2, 0) is 11.3 Å². The van der Waals surface area contributed by atoms with Crippen LogP contribution in [-0.4, -0.2) is 35.2 Å². The van der Waals surface area contributed by atoms with Crippen LogP contribution < -0.4 is 20.8 Å². The Bertz CT molecular complexity index is 1310. The lowest BCUT2D eigenvalue weighted by Crippen LogP contribution is -2.38. The zero-order valence-electron chi connectivity index (χ0n) is 19.2. The maximum Gasteiger partial charge on any atom is 0.323 e. The Morgan fingerprint density at radius 1 is 1.15 bits per heavy atom. The molecule has 9 heteroatoms.